The number of halogens is 1. The number of rotatable bonds is 4. The van der Waals surface area contributed by atoms with Crippen LogP contribution in [0.1, 0.15) is 34.7 Å². The van der Waals surface area contributed by atoms with E-state index in [2.05, 4.69) is 48.9 Å². The maximum atomic E-state index is 13.4. The molecule has 1 atom stereocenters. The first-order valence-electron chi connectivity index (χ1n) is 10.5. The van der Waals surface area contributed by atoms with Crippen LogP contribution < -0.4 is 0 Å². The lowest BCUT2D eigenvalue weighted by Crippen LogP contribution is -2.48. The molecule has 2 aliphatic rings. The molecule has 0 N–H and O–H groups in total. The third-order valence-electron chi connectivity index (χ3n) is 6.10. The molecule has 4 rings (SSSR count). The van der Waals surface area contributed by atoms with Crippen molar-refractivity contribution in [2.75, 3.05) is 39.8 Å². The maximum Gasteiger partial charge on any atom is 0.257 e. The highest BCUT2D eigenvalue weighted by Gasteiger charge is 2.35. The first kappa shape index (κ1) is 21.0. The lowest BCUT2D eigenvalue weighted by Gasteiger charge is -2.33. The summed E-state index contributed by atoms with van der Waals surface area (Å²) >= 11 is 6.45. The number of aryl methyl sites for hydroxylation is 2. The molecule has 2 aliphatic heterocycles. The van der Waals surface area contributed by atoms with Crippen molar-refractivity contribution in [3.63, 3.8) is 0 Å². The van der Waals surface area contributed by atoms with Gasteiger partial charge >= 0.3 is 0 Å². The molecule has 6 heteroatoms. The summed E-state index contributed by atoms with van der Waals surface area (Å²) in [6.07, 6.45) is 0.669. The second-order valence-electron chi connectivity index (χ2n) is 8.42. The molecule has 0 saturated carbocycles. The quantitative estimate of drug-likeness (QED) is 0.747. The van der Waals surface area contributed by atoms with Gasteiger partial charge in [-0.1, -0.05) is 53.6 Å². The van der Waals surface area contributed by atoms with E-state index >= 15 is 0 Å². The van der Waals surface area contributed by atoms with E-state index in [0.29, 0.717) is 18.0 Å². The van der Waals surface area contributed by atoms with Crippen molar-refractivity contribution in [1.82, 2.24) is 14.8 Å². The van der Waals surface area contributed by atoms with Crippen LogP contribution in [0.25, 0.3) is 0 Å². The Morgan fingerprint density at radius 1 is 1.10 bits per heavy atom. The van der Waals surface area contributed by atoms with Gasteiger partial charge in [0.05, 0.1) is 18.3 Å². The third kappa shape index (κ3) is 4.43. The predicted molar refractivity (Wildman–Crippen MR) is 122 cm³/mol. The van der Waals surface area contributed by atoms with Crippen LogP contribution in [0.4, 0.5) is 0 Å². The smallest absolute Gasteiger partial charge is 0.257 e. The highest BCUT2D eigenvalue weighted by molar-refractivity contribution is 6.34. The minimum atomic E-state index is -0.101. The number of benzene rings is 2. The Hall–Kier alpha value is -2.21. The molecular formula is C24H29ClN4O. The van der Waals surface area contributed by atoms with E-state index in [9.17, 15) is 4.79 Å². The summed E-state index contributed by atoms with van der Waals surface area (Å²) in [4.78, 5) is 17.9. The lowest BCUT2D eigenvalue weighted by atomic mass is 9.94. The minimum absolute atomic E-state index is 0.0486. The molecule has 0 bridgehead atoms. The Bertz CT molecular complexity index is 965. The summed E-state index contributed by atoms with van der Waals surface area (Å²) in [5.74, 6) is 0.0486. The molecular weight excluding hydrogens is 396 g/mol. The Balaban J connectivity index is 1.64. The molecule has 2 aromatic rings. The fraction of sp³-hybridized carbons (Fsp3) is 0.417. The molecule has 0 spiro atoms. The topological polar surface area (TPSA) is 39.2 Å². The molecule has 0 aromatic heterocycles. The molecule has 1 amide bonds. The second kappa shape index (κ2) is 8.88. The van der Waals surface area contributed by atoms with E-state index in [-0.39, 0.29) is 11.9 Å². The van der Waals surface area contributed by atoms with Gasteiger partial charge < -0.3 is 4.90 Å². The second-order valence-corrected chi connectivity index (χ2v) is 8.83. The van der Waals surface area contributed by atoms with E-state index in [1.165, 1.54) is 11.1 Å². The maximum absolute atomic E-state index is 13.4. The summed E-state index contributed by atoms with van der Waals surface area (Å²) in [6.45, 7) is 8.38. The van der Waals surface area contributed by atoms with Gasteiger partial charge in [-0.2, -0.15) is 5.10 Å². The van der Waals surface area contributed by atoms with Crippen LogP contribution in [0.2, 0.25) is 5.02 Å². The lowest BCUT2D eigenvalue weighted by molar-refractivity contribution is -0.134. The fourth-order valence-corrected chi connectivity index (χ4v) is 4.47. The monoisotopic (exact) mass is 424 g/mol. The summed E-state index contributed by atoms with van der Waals surface area (Å²) in [5.41, 5.74) is 5.31. The molecule has 0 aliphatic carbocycles. The van der Waals surface area contributed by atoms with E-state index in [1.54, 1.807) is 5.01 Å². The van der Waals surface area contributed by atoms with Gasteiger partial charge in [-0.15, -0.1) is 0 Å². The van der Waals surface area contributed by atoms with Gasteiger partial charge in [-0.3, -0.25) is 9.69 Å². The number of carbonyl (C=O) groups excluding carboxylic acids is 1. The van der Waals surface area contributed by atoms with E-state index < -0.39 is 0 Å². The van der Waals surface area contributed by atoms with Gasteiger partial charge in [0, 0.05) is 43.2 Å². The van der Waals surface area contributed by atoms with Crippen molar-refractivity contribution in [2.45, 2.75) is 26.3 Å². The number of carbonyl (C=O) groups is 1. The zero-order valence-corrected chi connectivity index (χ0v) is 18.7. The first-order chi connectivity index (χ1) is 14.4. The molecule has 1 fully saturated rings. The largest absolute Gasteiger partial charge is 0.304 e. The molecule has 2 heterocycles. The molecule has 30 heavy (non-hydrogen) atoms. The minimum Gasteiger partial charge on any atom is -0.304 e. The Kier molecular flexibility index (Phi) is 6.23. The van der Waals surface area contributed by atoms with Crippen molar-refractivity contribution in [1.29, 1.82) is 0 Å². The van der Waals surface area contributed by atoms with Gasteiger partial charge in [0.1, 0.15) is 0 Å². The summed E-state index contributed by atoms with van der Waals surface area (Å²) in [5, 5.41) is 7.18. The van der Waals surface area contributed by atoms with Crippen LogP contribution in [0.5, 0.6) is 0 Å². The highest BCUT2D eigenvalue weighted by Crippen LogP contribution is 2.36. The highest BCUT2D eigenvalue weighted by atomic mass is 35.5. The van der Waals surface area contributed by atoms with Gasteiger partial charge in [0.15, 0.2) is 0 Å². The summed E-state index contributed by atoms with van der Waals surface area (Å²) < 4.78 is 0. The summed E-state index contributed by atoms with van der Waals surface area (Å²) in [7, 11) is 2.12. The molecule has 1 saturated heterocycles. The fourth-order valence-electron chi connectivity index (χ4n) is 4.23. The zero-order chi connectivity index (χ0) is 21.3. The van der Waals surface area contributed by atoms with Crippen LogP contribution in [0, 0.1) is 13.8 Å². The number of amides is 1. The summed E-state index contributed by atoms with van der Waals surface area (Å²) in [6, 6.07) is 14.1. The van der Waals surface area contributed by atoms with Gasteiger partial charge in [-0.05, 0) is 38.1 Å². The van der Waals surface area contributed by atoms with Crippen LogP contribution in [-0.2, 0) is 4.79 Å². The van der Waals surface area contributed by atoms with Crippen LogP contribution in [0.3, 0.4) is 0 Å². The van der Waals surface area contributed by atoms with Crippen LogP contribution in [-0.4, -0.2) is 66.2 Å². The van der Waals surface area contributed by atoms with E-state index in [1.807, 2.05) is 24.3 Å². The van der Waals surface area contributed by atoms with E-state index in [0.717, 1.165) is 43.0 Å². The standard InChI is InChI=1S/C24H29ClN4O/c1-17-8-9-18(2)20(14-17)23-15-22(19-6-4-5-7-21(19)25)26-29(23)24(30)16-28-12-10-27(3)11-13-28/h4-9,14,23H,10-13,15-16H2,1-3H3. The predicted octanol–water partition coefficient (Wildman–Crippen LogP) is 3.88. The van der Waals surface area contributed by atoms with Crippen molar-refractivity contribution >= 4 is 23.2 Å². The SMILES string of the molecule is Cc1ccc(C)c(C2CC(c3ccccc3Cl)=NN2C(=O)CN2CCN(C)CC2)c1. The average Bonchev–Trinajstić information content (AvgIpc) is 3.17. The molecule has 1 unspecified atom stereocenters. The number of nitrogens with zero attached hydrogens (tertiary/aromatic N) is 4. The molecule has 0 radical (unpaired) electrons. The van der Waals surface area contributed by atoms with Gasteiger partial charge in [-0.25, -0.2) is 5.01 Å². The normalized spacial score (nSPS) is 20.5. The first-order valence-corrected chi connectivity index (χ1v) is 10.9. The number of piperazine rings is 1. The third-order valence-corrected chi connectivity index (χ3v) is 6.43. The van der Waals surface area contributed by atoms with Crippen LogP contribution >= 0.6 is 11.6 Å². The number of hydrogen-bond acceptors (Lipinski definition) is 4. The van der Waals surface area contributed by atoms with E-state index in [4.69, 9.17) is 16.7 Å². The Morgan fingerprint density at radius 2 is 1.83 bits per heavy atom. The van der Waals surface area contributed by atoms with Crippen molar-refractivity contribution in [3.05, 3.63) is 69.7 Å². The molecule has 2 aromatic carbocycles. The van der Waals surface area contributed by atoms with Gasteiger partial charge in [0.2, 0.25) is 0 Å². The number of hydrazone groups is 1. The van der Waals surface area contributed by atoms with Crippen molar-refractivity contribution < 1.29 is 4.79 Å². The molecule has 5 nitrogen and oxygen atoms in total. The zero-order valence-electron chi connectivity index (χ0n) is 17.9. The number of likely N-dealkylation sites (N-methyl/N-ethyl adjacent to an activating group) is 1. The Labute approximate surface area is 183 Å². The van der Waals surface area contributed by atoms with Crippen molar-refractivity contribution in [2.24, 2.45) is 5.10 Å². The Morgan fingerprint density at radius 3 is 2.57 bits per heavy atom. The van der Waals surface area contributed by atoms with Crippen LogP contribution in [0.15, 0.2) is 47.6 Å². The van der Waals surface area contributed by atoms with Crippen molar-refractivity contribution in [3.8, 4) is 0 Å². The number of hydrogen-bond donors (Lipinski definition) is 0. The average molecular weight is 425 g/mol. The molecule has 158 valence electrons. The van der Waals surface area contributed by atoms with Gasteiger partial charge in [0.25, 0.3) is 5.91 Å².